The maximum Gasteiger partial charge on any atom is 0.257 e. The van der Waals surface area contributed by atoms with Crippen LogP contribution in [-0.4, -0.2) is 42.2 Å². The topological polar surface area (TPSA) is 49.8 Å². The first-order chi connectivity index (χ1) is 9.76. The molecule has 1 fully saturated rings. The van der Waals surface area contributed by atoms with Gasteiger partial charge >= 0.3 is 0 Å². The highest BCUT2D eigenvalue weighted by molar-refractivity contribution is 5.97. The highest BCUT2D eigenvalue weighted by Crippen LogP contribution is 2.25. The lowest BCUT2D eigenvalue weighted by Gasteiger charge is -2.18. The van der Waals surface area contributed by atoms with Gasteiger partial charge in [-0.25, -0.2) is 0 Å². The van der Waals surface area contributed by atoms with Crippen LogP contribution in [0.25, 0.3) is 0 Å². The molecule has 0 bridgehead atoms. The number of carbonyl (C=O) groups is 1. The van der Waals surface area contributed by atoms with Gasteiger partial charge in [-0.1, -0.05) is 24.8 Å². The molecule has 0 saturated carbocycles. The molecule has 20 heavy (non-hydrogen) atoms. The van der Waals surface area contributed by atoms with Crippen LogP contribution in [0.3, 0.4) is 0 Å². The number of ether oxygens (including phenoxy) is 1. The van der Waals surface area contributed by atoms with Crippen molar-refractivity contribution < 1.29 is 14.6 Å². The van der Waals surface area contributed by atoms with E-state index in [4.69, 9.17) is 9.84 Å². The first-order valence-corrected chi connectivity index (χ1v) is 6.99. The molecule has 1 aromatic carbocycles. The minimum atomic E-state index is 0.00472. The lowest BCUT2D eigenvalue weighted by molar-refractivity contribution is 0.0781. The van der Waals surface area contributed by atoms with Gasteiger partial charge in [0.15, 0.2) is 0 Å². The van der Waals surface area contributed by atoms with Crippen molar-refractivity contribution in [2.45, 2.75) is 12.8 Å². The number of aliphatic hydroxyl groups excluding tert-OH is 1. The van der Waals surface area contributed by atoms with Crippen LogP contribution in [0.1, 0.15) is 23.2 Å². The van der Waals surface area contributed by atoms with Gasteiger partial charge in [0, 0.05) is 19.7 Å². The van der Waals surface area contributed by atoms with Crippen molar-refractivity contribution in [3.63, 3.8) is 0 Å². The molecule has 0 aliphatic carbocycles. The summed E-state index contributed by atoms with van der Waals surface area (Å²) in [6, 6.07) is 7.29. The largest absolute Gasteiger partial charge is 0.489 e. The summed E-state index contributed by atoms with van der Waals surface area (Å²) in [4.78, 5) is 14.4. The minimum absolute atomic E-state index is 0.00472. The lowest BCUT2D eigenvalue weighted by atomic mass is 10.1. The van der Waals surface area contributed by atoms with Crippen LogP contribution >= 0.6 is 0 Å². The summed E-state index contributed by atoms with van der Waals surface area (Å²) in [7, 11) is 0. The highest BCUT2D eigenvalue weighted by Gasteiger charge is 2.27. The molecule has 1 N–H and O–H groups in total. The van der Waals surface area contributed by atoms with E-state index in [1.807, 2.05) is 17.0 Å². The molecule has 108 valence electrons. The summed E-state index contributed by atoms with van der Waals surface area (Å²) in [5, 5.41) is 8.98. The maximum atomic E-state index is 12.5. The van der Waals surface area contributed by atoms with Crippen LogP contribution in [0.4, 0.5) is 0 Å². The Hall–Kier alpha value is -1.81. The number of hydrogen-bond donors (Lipinski definition) is 1. The standard InChI is InChI=1S/C16H21NO3/c1-2-11-20-15-6-4-3-5-14(15)16(19)17-9-7-13(12-17)8-10-18/h2-6,13,18H,1,7-12H2. The number of benzene rings is 1. The SMILES string of the molecule is C=CCOc1ccccc1C(=O)N1CCC(CCO)C1. The molecule has 1 aromatic rings. The Labute approximate surface area is 119 Å². The fourth-order valence-electron chi connectivity index (χ4n) is 2.52. The zero-order valence-electron chi connectivity index (χ0n) is 11.6. The highest BCUT2D eigenvalue weighted by atomic mass is 16.5. The van der Waals surface area contributed by atoms with Gasteiger partial charge in [0.25, 0.3) is 5.91 Å². The van der Waals surface area contributed by atoms with Crippen molar-refractivity contribution in [1.82, 2.24) is 4.90 Å². The molecular weight excluding hydrogens is 254 g/mol. The zero-order chi connectivity index (χ0) is 14.4. The van der Waals surface area contributed by atoms with Crippen molar-refractivity contribution in [3.8, 4) is 5.75 Å². The Kier molecular flexibility index (Phi) is 5.18. The molecule has 4 nitrogen and oxygen atoms in total. The van der Waals surface area contributed by atoms with Crippen molar-refractivity contribution in [3.05, 3.63) is 42.5 Å². The average Bonchev–Trinajstić information content (AvgIpc) is 2.94. The first kappa shape index (κ1) is 14.6. The van der Waals surface area contributed by atoms with Gasteiger partial charge in [-0.15, -0.1) is 0 Å². The third-order valence-electron chi connectivity index (χ3n) is 3.58. The van der Waals surface area contributed by atoms with Crippen LogP contribution < -0.4 is 4.74 Å². The molecule has 1 aliphatic heterocycles. The predicted molar refractivity (Wildman–Crippen MR) is 77.8 cm³/mol. The molecule has 1 saturated heterocycles. The fourth-order valence-corrected chi connectivity index (χ4v) is 2.52. The number of aliphatic hydroxyl groups is 1. The van der Waals surface area contributed by atoms with E-state index in [9.17, 15) is 4.79 Å². The summed E-state index contributed by atoms with van der Waals surface area (Å²) in [6.45, 7) is 5.65. The number of rotatable bonds is 6. The van der Waals surface area contributed by atoms with Crippen molar-refractivity contribution >= 4 is 5.91 Å². The number of carbonyl (C=O) groups excluding carboxylic acids is 1. The molecule has 0 radical (unpaired) electrons. The van der Waals surface area contributed by atoms with Crippen LogP contribution in [0.15, 0.2) is 36.9 Å². The van der Waals surface area contributed by atoms with Crippen molar-refractivity contribution in [2.24, 2.45) is 5.92 Å². The number of likely N-dealkylation sites (tertiary alicyclic amines) is 1. The molecule has 1 amide bonds. The normalized spacial score (nSPS) is 18.1. The summed E-state index contributed by atoms with van der Waals surface area (Å²) >= 11 is 0. The lowest BCUT2D eigenvalue weighted by Crippen LogP contribution is -2.29. The van der Waals surface area contributed by atoms with Crippen LogP contribution in [0, 0.1) is 5.92 Å². The fraction of sp³-hybridized carbons (Fsp3) is 0.438. The van der Waals surface area contributed by atoms with E-state index in [0.717, 1.165) is 25.9 Å². The van der Waals surface area contributed by atoms with E-state index in [0.29, 0.717) is 23.8 Å². The summed E-state index contributed by atoms with van der Waals surface area (Å²) in [5.74, 6) is 1.01. The second-order valence-electron chi connectivity index (χ2n) is 5.01. The average molecular weight is 275 g/mol. The van der Waals surface area contributed by atoms with Gasteiger partial charge in [0.1, 0.15) is 12.4 Å². The van der Waals surface area contributed by atoms with Gasteiger partial charge in [-0.2, -0.15) is 0 Å². The van der Waals surface area contributed by atoms with Crippen LogP contribution in [0.2, 0.25) is 0 Å². The quantitative estimate of drug-likeness (QED) is 0.809. The molecule has 1 unspecified atom stereocenters. The van der Waals surface area contributed by atoms with E-state index in [-0.39, 0.29) is 12.5 Å². The Morgan fingerprint density at radius 2 is 2.30 bits per heavy atom. The first-order valence-electron chi connectivity index (χ1n) is 6.99. The van der Waals surface area contributed by atoms with E-state index in [1.54, 1.807) is 18.2 Å². The van der Waals surface area contributed by atoms with Crippen LogP contribution in [-0.2, 0) is 0 Å². The molecule has 4 heteroatoms. The monoisotopic (exact) mass is 275 g/mol. The Bertz CT molecular complexity index is 473. The second kappa shape index (κ2) is 7.10. The Morgan fingerprint density at radius 3 is 3.05 bits per heavy atom. The molecule has 0 spiro atoms. The minimum Gasteiger partial charge on any atom is -0.489 e. The number of nitrogens with zero attached hydrogens (tertiary/aromatic N) is 1. The Balaban J connectivity index is 2.07. The number of hydrogen-bond acceptors (Lipinski definition) is 3. The zero-order valence-corrected chi connectivity index (χ0v) is 11.6. The molecule has 2 rings (SSSR count). The van der Waals surface area contributed by atoms with Gasteiger partial charge < -0.3 is 14.7 Å². The van der Waals surface area contributed by atoms with E-state index < -0.39 is 0 Å². The van der Waals surface area contributed by atoms with E-state index in [1.165, 1.54) is 0 Å². The second-order valence-corrected chi connectivity index (χ2v) is 5.01. The van der Waals surface area contributed by atoms with Crippen molar-refractivity contribution in [2.75, 3.05) is 26.3 Å². The summed E-state index contributed by atoms with van der Waals surface area (Å²) in [6.07, 6.45) is 3.38. The summed E-state index contributed by atoms with van der Waals surface area (Å²) in [5.41, 5.74) is 0.596. The van der Waals surface area contributed by atoms with Gasteiger partial charge in [0.2, 0.25) is 0 Å². The van der Waals surface area contributed by atoms with Gasteiger partial charge in [0.05, 0.1) is 5.56 Å². The maximum absolute atomic E-state index is 12.5. The van der Waals surface area contributed by atoms with Crippen molar-refractivity contribution in [1.29, 1.82) is 0 Å². The molecule has 1 heterocycles. The van der Waals surface area contributed by atoms with Gasteiger partial charge in [-0.3, -0.25) is 4.79 Å². The molecule has 1 aliphatic rings. The smallest absolute Gasteiger partial charge is 0.257 e. The molecular formula is C16H21NO3. The molecule has 0 aromatic heterocycles. The third kappa shape index (κ3) is 3.39. The molecule has 1 atom stereocenters. The predicted octanol–water partition coefficient (Wildman–Crippen LogP) is 2.10. The van der Waals surface area contributed by atoms with Gasteiger partial charge in [-0.05, 0) is 30.9 Å². The van der Waals surface area contributed by atoms with E-state index >= 15 is 0 Å². The van der Waals surface area contributed by atoms with E-state index in [2.05, 4.69) is 6.58 Å². The van der Waals surface area contributed by atoms with Crippen LogP contribution in [0.5, 0.6) is 5.75 Å². The number of amides is 1. The Morgan fingerprint density at radius 1 is 1.50 bits per heavy atom. The summed E-state index contributed by atoms with van der Waals surface area (Å²) < 4.78 is 5.54. The third-order valence-corrected chi connectivity index (χ3v) is 3.58. The number of para-hydroxylation sites is 1.